The van der Waals surface area contributed by atoms with Gasteiger partial charge < -0.3 is 10.5 Å². The highest BCUT2D eigenvalue weighted by Gasteiger charge is 2.47. The van der Waals surface area contributed by atoms with E-state index >= 15 is 0 Å². The molecule has 1 aliphatic rings. The van der Waals surface area contributed by atoms with Gasteiger partial charge in [-0.1, -0.05) is 6.07 Å². The lowest BCUT2D eigenvalue weighted by Crippen LogP contribution is -2.53. The van der Waals surface area contributed by atoms with E-state index in [2.05, 4.69) is 0 Å². The van der Waals surface area contributed by atoms with Crippen LogP contribution < -0.4 is 15.4 Å². The summed E-state index contributed by atoms with van der Waals surface area (Å²) in [5.41, 5.74) is 5.43. The van der Waals surface area contributed by atoms with E-state index in [0.29, 0.717) is 4.90 Å². The van der Waals surface area contributed by atoms with Crippen molar-refractivity contribution in [3.8, 4) is 5.75 Å². The van der Waals surface area contributed by atoms with Gasteiger partial charge in [-0.2, -0.15) is 13.2 Å². The van der Waals surface area contributed by atoms with E-state index in [4.69, 9.17) is 10.5 Å². The van der Waals surface area contributed by atoms with E-state index in [1.807, 2.05) is 0 Å². The number of ether oxygens (including phenoxy) is 1. The molecule has 0 radical (unpaired) electrons. The predicted octanol–water partition coefficient (Wildman–Crippen LogP) is 2.21. The summed E-state index contributed by atoms with van der Waals surface area (Å²) in [5, 5.41) is 0. The molecule has 1 aliphatic heterocycles. The molecule has 1 heterocycles. The Balaban J connectivity index is 2.48. The number of hydrogen-bond acceptors (Lipinski definition) is 3. The topological polar surface area (TPSA) is 55.6 Å². The van der Waals surface area contributed by atoms with Crippen LogP contribution in [0.25, 0.3) is 0 Å². The second-order valence-electron chi connectivity index (χ2n) is 5.26. The number of anilines is 1. The molecular weight excluding hydrogens is 273 g/mol. The molecule has 0 saturated heterocycles. The average Bonchev–Trinajstić information content (AvgIpc) is 2.33. The summed E-state index contributed by atoms with van der Waals surface area (Å²) in [6, 6.07) is 4.57. The molecule has 1 aromatic carbocycles. The van der Waals surface area contributed by atoms with Crippen molar-refractivity contribution in [1.29, 1.82) is 0 Å². The lowest BCUT2D eigenvalue weighted by Gasteiger charge is -2.40. The third-order valence-corrected chi connectivity index (χ3v) is 2.96. The maximum atomic E-state index is 12.7. The van der Waals surface area contributed by atoms with E-state index in [1.54, 1.807) is 26.0 Å². The van der Waals surface area contributed by atoms with Crippen LogP contribution in [0.3, 0.4) is 0 Å². The van der Waals surface area contributed by atoms with E-state index in [-0.39, 0.29) is 24.5 Å². The highest BCUT2D eigenvalue weighted by molar-refractivity contribution is 5.99. The molecule has 2 N–H and O–H groups in total. The zero-order valence-corrected chi connectivity index (χ0v) is 11.1. The molecule has 20 heavy (non-hydrogen) atoms. The fourth-order valence-corrected chi connectivity index (χ4v) is 2.12. The minimum Gasteiger partial charge on any atom is -0.484 e. The normalized spacial score (nSPS) is 17.4. The molecule has 7 heteroatoms. The zero-order valence-electron chi connectivity index (χ0n) is 11.1. The Bertz CT molecular complexity index is 541. The van der Waals surface area contributed by atoms with Gasteiger partial charge in [0.05, 0.1) is 12.2 Å². The lowest BCUT2D eigenvalue weighted by molar-refractivity contribution is -0.171. The molecule has 0 unspecified atom stereocenters. The van der Waals surface area contributed by atoms with Crippen LogP contribution in [0.2, 0.25) is 0 Å². The molecule has 0 aromatic heterocycles. The molecule has 0 fully saturated rings. The second-order valence-corrected chi connectivity index (χ2v) is 5.26. The van der Waals surface area contributed by atoms with Gasteiger partial charge in [0.15, 0.2) is 0 Å². The van der Waals surface area contributed by atoms with Crippen LogP contribution in [0.5, 0.6) is 5.75 Å². The van der Waals surface area contributed by atoms with Gasteiger partial charge in [-0.15, -0.1) is 0 Å². The number of halogens is 3. The maximum absolute atomic E-state index is 12.7. The molecule has 2 rings (SSSR count). The van der Waals surface area contributed by atoms with Crippen molar-refractivity contribution in [3.05, 3.63) is 23.8 Å². The first kappa shape index (κ1) is 14.6. The second kappa shape index (κ2) is 4.66. The van der Waals surface area contributed by atoms with Crippen molar-refractivity contribution in [2.24, 2.45) is 5.73 Å². The number of alkyl halides is 3. The Labute approximate surface area is 114 Å². The molecule has 1 amide bonds. The maximum Gasteiger partial charge on any atom is 0.471 e. The highest BCUT2D eigenvalue weighted by atomic mass is 19.4. The quantitative estimate of drug-likeness (QED) is 0.862. The summed E-state index contributed by atoms with van der Waals surface area (Å²) in [6.45, 7) is 3.33. The molecule has 0 aliphatic carbocycles. The fourth-order valence-electron chi connectivity index (χ4n) is 2.12. The number of rotatable bonds is 1. The Morgan fingerprint density at radius 3 is 2.65 bits per heavy atom. The number of fused-ring (bicyclic) bond motifs is 1. The third kappa shape index (κ3) is 2.72. The number of carbonyl (C=O) groups is 1. The van der Waals surface area contributed by atoms with Crippen molar-refractivity contribution in [2.75, 3.05) is 11.4 Å². The molecule has 0 atom stereocenters. The standard InChI is InChI=1S/C13H15F3N2O2/c1-12(2)7-18(11(19)13(14,15)16)9-4-3-8(6-17)5-10(9)20-12/h3-5H,6-7,17H2,1-2H3. The van der Waals surface area contributed by atoms with Crippen molar-refractivity contribution in [1.82, 2.24) is 0 Å². The van der Waals surface area contributed by atoms with Gasteiger partial charge >= 0.3 is 12.1 Å². The molecule has 0 bridgehead atoms. The number of benzene rings is 1. The van der Waals surface area contributed by atoms with Crippen LogP contribution in [0.15, 0.2) is 18.2 Å². The van der Waals surface area contributed by atoms with Crippen LogP contribution in [-0.4, -0.2) is 24.2 Å². The van der Waals surface area contributed by atoms with Gasteiger partial charge in [0.25, 0.3) is 0 Å². The first-order chi connectivity index (χ1) is 9.14. The van der Waals surface area contributed by atoms with Gasteiger partial charge in [0, 0.05) is 6.54 Å². The predicted molar refractivity (Wildman–Crippen MR) is 67.4 cm³/mol. The van der Waals surface area contributed by atoms with Crippen LogP contribution in [0.4, 0.5) is 18.9 Å². The first-order valence-corrected chi connectivity index (χ1v) is 6.05. The highest BCUT2D eigenvalue weighted by Crippen LogP contribution is 2.39. The lowest BCUT2D eigenvalue weighted by atomic mass is 10.0. The monoisotopic (exact) mass is 288 g/mol. The van der Waals surface area contributed by atoms with Crippen LogP contribution >= 0.6 is 0 Å². The van der Waals surface area contributed by atoms with Gasteiger partial charge in [0.2, 0.25) is 0 Å². The molecule has 0 saturated carbocycles. The molecule has 0 spiro atoms. The van der Waals surface area contributed by atoms with E-state index in [9.17, 15) is 18.0 Å². The van der Waals surface area contributed by atoms with E-state index < -0.39 is 17.7 Å². The van der Waals surface area contributed by atoms with Crippen LogP contribution in [0, 0.1) is 0 Å². The molecule has 4 nitrogen and oxygen atoms in total. The third-order valence-electron chi connectivity index (χ3n) is 2.96. The van der Waals surface area contributed by atoms with Gasteiger partial charge in [-0.3, -0.25) is 9.69 Å². The average molecular weight is 288 g/mol. The largest absolute Gasteiger partial charge is 0.484 e. The van der Waals surface area contributed by atoms with Gasteiger partial charge in [0.1, 0.15) is 11.4 Å². The Kier molecular flexibility index (Phi) is 3.41. The van der Waals surface area contributed by atoms with Gasteiger partial charge in [-0.05, 0) is 31.5 Å². The summed E-state index contributed by atoms with van der Waals surface area (Å²) in [5.74, 6) is -1.66. The smallest absolute Gasteiger partial charge is 0.471 e. The summed E-state index contributed by atoms with van der Waals surface area (Å²) in [4.78, 5) is 12.3. The SMILES string of the molecule is CC1(C)CN(C(=O)C(F)(F)F)c2ccc(CN)cc2O1. The minimum absolute atomic E-state index is 0.115. The Morgan fingerprint density at radius 1 is 1.45 bits per heavy atom. The van der Waals surface area contributed by atoms with E-state index in [1.165, 1.54) is 6.07 Å². The van der Waals surface area contributed by atoms with Crippen molar-refractivity contribution in [3.63, 3.8) is 0 Å². The number of nitrogens with zero attached hydrogens (tertiary/aromatic N) is 1. The Hall–Kier alpha value is -1.76. The van der Waals surface area contributed by atoms with E-state index in [0.717, 1.165) is 5.56 Å². The van der Waals surface area contributed by atoms with Crippen LogP contribution in [0.1, 0.15) is 19.4 Å². The fraction of sp³-hybridized carbons (Fsp3) is 0.462. The molecule has 110 valence electrons. The van der Waals surface area contributed by atoms with Gasteiger partial charge in [-0.25, -0.2) is 0 Å². The number of amides is 1. The summed E-state index contributed by atoms with van der Waals surface area (Å²) in [7, 11) is 0. The Morgan fingerprint density at radius 2 is 2.10 bits per heavy atom. The number of hydrogen-bond donors (Lipinski definition) is 1. The van der Waals surface area contributed by atoms with Crippen molar-refractivity contribution in [2.45, 2.75) is 32.2 Å². The minimum atomic E-state index is -4.92. The molecule has 1 aromatic rings. The number of nitrogens with two attached hydrogens (primary N) is 1. The van der Waals surface area contributed by atoms with Crippen molar-refractivity contribution < 1.29 is 22.7 Å². The first-order valence-electron chi connectivity index (χ1n) is 6.05. The van der Waals surface area contributed by atoms with Crippen LogP contribution in [-0.2, 0) is 11.3 Å². The molecular formula is C13H15F3N2O2. The summed E-state index contributed by atoms with van der Waals surface area (Å²) >= 11 is 0. The summed E-state index contributed by atoms with van der Waals surface area (Å²) < 4.78 is 43.7. The zero-order chi connectivity index (χ0) is 15.1. The van der Waals surface area contributed by atoms with Crippen molar-refractivity contribution >= 4 is 11.6 Å². The number of carbonyl (C=O) groups excluding carboxylic acids is 1. The summed E-state index contributed by atoms with van der Waals surface area (Å²) in [6.07, 6.45) is -4.92.